The standard InChI is InChI=1S/C15H10F6N2O2/c16-14(17,18)10-3-4-11(22-7-10)8-23-13(24)9-1-5-12(6-2-9)25-15(19,20)21/h1-7H,8H2,(H,23,24). The smallest absolute Gasteiger partial charge is 0.406 e. The molecule has 25 heavy (non-hydrogen) atoms. The number of amides is 1. The molecule has 2 aromatic rings. The molecule has 1 aromatic carbocycles. The van der Waals surface area contributed by atoms with Gasteiger partial charge in [0.1, 0.15) is 5.75 Å². The summed E-state index contributed by atoms with van der Waals surface area (Å²) < 4.78 is 77.0. The zero-order valence-electron chi connectivity index (χ0n) is 12.3. The van der Waals surface area contributed by atoms with Crippen molar-refractivity contribution in [1.82, 2.24) is 10.3 Å². The molecule has 0 aliphatic heterocycles. The highest BCUT2D eigenvalue weighted by Gasteiger charge is 2.31. The van der Waals surface area contributed by atoms with Gasteiger partial charge < -0.3 is 10.1 Å². The molecule has 10 heteroatoms. The van der Waals surface area contributed by atoms with Crippen LogP contribution < -0.4 is 10.1 Å². The van der Waals surface area contributed by atoms with Crippen LogP contribution in [0.1, 0.15) is 21.6 Å². The van der Waals surface area contributed by atoms with E-state index in [2.05, 4.69) is 15.0 Å². The summed E-state index contributed by atoms with van der Waals surface area (Å²) >= 11 is 0. The molecule has 0 atom stereocenters. The summed E-state index contributed by atoms with van der Waals surface area (Å²) in [7, 11) is 0. The first-order valence-corrected chi connectivity index (χ1v) is 6.71. The van der Waals surface area contributed by atoms with E-state index in [0.717, 1.165) is 36.4 Å². The molecule has 1 N–H and O–H groups in total. The van der Waals surface area contributed by atoms with Gasteiger partial charge in [-0.2, -0.15) is 13.2 Å². The zero-order valence-corrected chi connectivity index (χ0v) is 12.3. The van der Waals surface area contributed by atoms with Crippen molar-refractivity contribution in [3.8, 4) is 5.75 Å². The molecular weight excluding hydrogens is 354 g/mol. The molecule has 0 spiro atoms. The van der Waals surface area contributed by atoms with E-state index in [1.54, 1.807) is 0 Å². The van der Waals surface area contributed by atoms with Gasteiger partial charge in [-0.1, -0.05) is 0 Å². The third-order valence-electron chi connectivity index (χ3n) is 2.93. The van der Waals surface area contributed by atoms with Crippen molar-refractivity contribution < 1.29 is 35.9 Å². The Labute approximate surface area is 137 Å². The molecule has 4 nitrogen and oxygen atoms in total. The van der Waals surface area contributed by atoms with E-state index in [-0.39, 0.29) is 17.8 Å². The summed E-state index contributed by atoms with van der Waals surface area (Å²) in [5, 5.41) is 2.40. The maximum atomic E-state index is 12.4. The Morgan fingerprint density at radius 2 is 1.64 bits per heavy atom. The number of alkyl halides is 6. The van der Waals surface area contributed by atoms with Crippen LogP contribution in [0.2, 0.25) is 0 Å². The van der Waals surface area contributed by atoms with Gasteiger partial charge in [-0.15, -0.1) is 13.2 Å². The van der Waals surface area contributed by atoms with E-state index < -0.39 is 29.8 Å². The average molecular weight is 364 g/mol. The molecule has 0 saturated carbocycles. The number of halogens is 6. The molecule has 0 bridgehead atoms. The van der Waals surface area contributed by atoms with Crippen molar-refractivity contribution in [3.05, 3.63) is 59.4 Å². The molecule has 1 aromatic heterocycles. The fourth-order valence-electron chi connectivity index (χ4n) is 1.78. The fraction of sp³-hybridized carbons (Fsp3) is 0.200. The number of nitrogens with one attached hydrogen (secondary N) is 1. The Hall–Kier alpha value is -2.78. The summed E-state index contributed by atoms with van der Waals surface area (Å²) in [5.74, 6) is -1.10. The number of carbonyl (C=O) groups is 1. The van der Waals surface area contributed by atoms with E-state index in [0.29, 0.717) is 6.20 Å². The number of hydrogen-bond acceptors (Lipinski definition) is 3. The summed E-state index contributed by atoms with van der Waals surface area (Å²) in [6.07, 6.45) is -8.70. The van der Waals surface area contributed by atoms with Gasteiger partial charge >= 0.3 is 12.5 Å². The number of hydrogen-bond donors (Lipinski definition) is 1. The predicted molar refractivity (Wildman–Crippen MR) is 73.5 cm³/mol. The number of aromatic nitrogens is 1. The van der Waals surface area contributed by atoms with Crippen molar-refractivity contribution in [1.29, 1.82) is 0 Å². The number of pyridine rings is 1. The summed E-state index contributed by atoms with van der Waals surface area (Å²) in [5.41, 5.74) is -0.664. The van der Waals surface area contributed by atoms with Gasteiger partial charge in [0.25, 0.3) is 5.91 Å². The van der Waals surface area contributed by atoms with Gasteiger partial charge in [0.05, 0.1) is 17.8 Å². The molecular formula is C15H10F6N2O2. The zero-order chi connectivity index (χ0) is 18.7. The molecule has 0 radical (unpaired) electrons. The number of nitrogens with zero attached hydrogens (tertiary/aromatic N) is 1. The summed E-state index contributed by atoms with van der Waals surface area (Å²) in [6.45, 7) is -0.141. The fourth-order valence-corrected chi connectivity index (χ4v) is 1.78. The van der Waals surface area contributed by atoms with Gasteiger partial charge in [-0.05, 0) is 36.4 Å². The van der Waals surface area contributed by atoms with Crippen LogP contribution in [0, 0.1) is 0 Å². The Balaban J connectivity index is 1.94. The van der Waals surface area contributed by atoms with Crippen LogP contribution in [0.4, 0.5) is 26.3 Å². The Bertz CT molecular complexity index is 724. The Kier molecular flexibility index (Phi) is 5.19. The first-order valence-electron chi connectivity index (χ1n) is 6.71. The molecule has 134 valence electrons. The molecule has 1 heterocycles. The van der Waals surface area contributed by atoms with Crippen LogP contribution in [0.25, 0.3) is 0 Å². The average Bonchev–Trinajstić information content (AvgIpc) is 2.51. The predicted octanol–water partition coefficient (Wildman–Crippen LogP) is 3.93. The van der Waals surface area contributed by atoms with Gasteiger partial charge in [-0.25, -0.2) is 0 Å². The maximum absolute atomic E-state index is 12.4. The third kappa shape index (κ3) is 5.66. The van der Waals surface area contributed by atoms with Crippen molar-refractivity contribution >= 4 is 5.91 Å². The summed E-state index contributed by atoms with van der Waals surface area (Å²) in [4.78, 5) is 15.4. The number of rotatable bonds is 4. The van der Waals surface area contributed by atoms with Crippen LogP contribution >= 0.6 is 0 Å². The van der Waals surface area contributed by atoms with Gasteiger partial charge in [0.2, 0.25) is 0 Å². The van der Waals surface area contributed by atoms with Crippen molar-refractivity contribution in [2.45, 2.75) is 19.1 Å². The van der Waals surface area contributed by atoms with Crippen LogP contribution in [-0.2, 0) is 12.7 Å². The molecule has 2 rings (SSSR count). The van der Waals surface area contributed by atoms with E-state index >= 15 is 0 Å². The second kappa shape index (κ2) is 6.99. The number of carbonyl (C=O) groups excluding carboxylic acids is 1. The maximum Gasteiger partial charge on any atom is 0.573 e. The molecule has 0 aliphatic carbocycles. The van der Waals surface area contributed by atoms with Crippen LogP contribution in [0.15, 0.2) is 42.6 Å². The lowest BCUT2D eigenvalue weighted by atomic mass is 10.2. The minimum absolute atomic E-state index is 0.0569. The highest BCUT2D eigenvalue weighted by molar-refractivity contribution is 5.94. The van der Waals surface area contributed by atoms with Crippen molar-refractivity contribution in [3.63, 3.8) is 0 Å². The van der Waals surface area contributed by atoms with Crippen LogP contribution in [0.5, 0.6) is 5.75 Å². The quantitative estimate of drug-likeness (QED) is 0.837. The SMILES string of the molecule is O=C(NCc1ccc(C(F)(F)F)cn1)c1ccc(OC(F)(F)F)cc1. The topological polar surface area (TPSA) is 51.2 Å². The summed E-state index contributed by atoms with van der Waals surface area (Å²) in [6, 6.07) is 6.13. The normalized spacial score (nSPS) is 11.9. The second-order valence-electron chi connectivity index (χ2n) is 4.79. The first-order chi connectivity index (χ1) is 11.5. The molecule has 0 unspecified atom stereocenters. The van der Waals surface area contributed by atoms with Gasteiger partial charge in [-0.3, -0.25) is 9.78 Å². The van der Waals surface area contributed by atoms with Crippen LogP contribution in [-0.4, -0.2) is 17.3 Å². The van der Waals surface area contributed by atoms with Crippen LogP contribution in [0.3, 0.4) is 0 Å². The largest absolute Gasteiger partial charge is 0.573 e. The highest BCUT2D eigenvalue weighted by atomic mass is 19.4. The minimum Gasteiger partial charge on any atom is -0.406 e. The second-order valence-corrected chi connectivity index (χ2v) is 4.79. The number of ether oxygens (including phenoxy) is 1. The van der Waals surface area contributed by atoms with Gasteiger partial charge in [0, 0.05) is 11.8 Å². The van der Waals surface area contributed by atoms with E-state index in [1.165, 1.54) is 0 Å². The first kappa shape index (κ1) is 18.6. The van der Waals surface area contributed by atoms with E-state index in [9.17, 15) is 31.1 Å². The lowest BCUT2D eigenvalue weighted by molar-refractivity contribution is -0.274. The number of benzene rings is 1. The van der Waals surface area contributed by atoms with E-state index in [4.69, 9.17) is 0 Å². The van der Waals surface area contributed by atoms with E-state index in [1.807, 2.05) is 0 Å². The lowest BCUT2D eigenvalue weighted by Gasteiger charge is -2.10. The molecule has 1 amide bonds. The molecule has 0 saturated heterocycles. The minimum atomic E-state index is -4.84. The van der Waals surface area contributed by atoms with Crippen molar-refractivity contribution in [2.24, 2.45) is 0 Å². The lowest BCUT2D eigenvalue weighted by Crippen LogP contribution is -2.23. The molecule has 0 fully saturated rings. The monoisotopic (exact) mass is 364 g/mol. The Morgan fingerprint density at radius 1 is 1.00 bits per heavy atom. The third-order valence-corrected chi connectivity index (χ3v) is 2.93. The molecule has 0 aliphatic rings. The van der Waals surface area contributed by atoms with Gasteiger partial charge in [0.15, 0.2) is 0 Å². The highest BCUT2D eigenvalue weighted by Crippen LogP contribution is 2.28. The van der Waals surface area contributed by atoms with Crippen molar-refractivity contribution in [2.75, 3.05) is 0 Å². The Morgan fingerprint density at radius 3 is 2.12 bits per heavy atom.